The number of nitrogens with zero attached hydrogens (tertiary/aromatic N) is 1. The molecule has 1 aromatic heterocycles. The summed E-state index contributed by atoms with van der Waals surface area (Å²) >= 11 is 0. The average Bonchev–Trinajstić information content (AvgIpc) is 2.89. The van der Waals surface area contributed by atoms with Crippen molar-refractivity contribution in [1.29, 1.82) is 0 Å². The first kappa shape index (κ1) is 17.4. The number of amides is 1. The van der Waals surface area contributed by atoms with Crippen molar-refractivity contribution in [2.75, 3.05) is 13.2 Å². The zero-order valence-electron chi connectivity index (χ0n) is 14.3. The maximum atomic E-state index is 13.3. The molecule has 25 heavy (non-hydrogen) atoms. The molecule has 2 atom stereocenters. The number of aromatic nitrogens is 1. The fourth-order valence-electron chi connectivity index (χ4n) is 2.88. The number of hydrogen-bond donors (Lipinski definition) is 1. The maximum absolute atomic E-state index is 13.3. The Morgan fingerprint density at radius 3 is 3.00 bits per heavy atom. The van der Waals surface area contributed by atoms with Crippen LogP contribution in [0.15, 0.2) is 28.8 Å². The molecular formula is C18H21FN2O4. The Balaban J connectivity index is 1.63. The molecule has 6 nitrogen and oxygen atoms in total. The van der Waals surface area contributed by atoms with Crippen LogP contribution in [0, 0.1) is 19.7 Å². The highest BCUT2D eigenvalue weighted by molar-refractivity contribution is 5.79. The zero-order valence-corrected chi connectivity index (χ0v) is 14.3. The summed E-state index contributed by atoms with van der Waals surface area (Å²) in [5.41, 5.74) is 1.51. The van der Waals surface area contributed by atoms with E-state index < -0.39 is 0 Å². The molecule has 1 aliphatic heterocycles. The first-order valence-electron chi connectivity index (χ1n) is 8.24. The van der Waals surface area contributed by atoms with Crippen molar-refractivity contribution < 1.29 is 23.2 Å². The molecule has 1 N–H and O–H groups in total. The number of rotatable bonds is 5. The molecule has 0 bridgehead atoms. The van der Waals surface area contributed by atoms with Gasteiger partial charge in [0.05, 0.1) is 24.8 Å². The van der Waals surface area contributed by atoms with E-state index in [0.717, 1.165) is 5.56 Å². The quantitative estimate of drug-likeness (QED) is 0.898. The molecule has 1 saturated heterocycles. The Hall–Kier alpha value is -2.41. The summed E-state index contributed by atoms with van der Waals surface area (Å²) in [5, 5.41) is 6.85. The van der Waals surface area contributed by atoms with Gasteiger partial charge in [-0.15, -0.1) is 0 Å². The molecular weight excluding hydrogens is 327 g/mol. The fraction of sp³-hybridized carbons (Fsp3) is 0.444. The van der Waals surface area contributed by atoms with Gasteiger partial charge in [0, 0.05) is 18.2 Å². The molecule has 0 saturated carbocycles. The predicted molar refractivity (Wildman–Crippen MR) is 87.9 cm³/mol. The molecule has 1 aromatic carbocycles. The summed E-state index contributed by atoms with van der Waals surface area (Å²) in [6.07, 6.45) is 0.461. The van der Waals surface area contributed by atoms with E-state index in [1.165, 1.54) is 12.1 Å². The highest BCUT2D eigenvalue weighted by Gasteiger charge is 2.29. The van der Waals surface area contributed by atoms with Crippen molar-refractivity contribution in [1.82, 2.24) is 10.5 Å². The smallest absolute Gasteiger partial charge is 0.224 e. The molecule has 1 aliphatic rings. The van der Waals surface area contributed by atoms with Crippen LogP contribution in [0.1, 0.15) is 23.4 Å². The lowest BCUT2D eigenvalue weighted by atomic mass is 10.0. The lowest BCUT2D eigenvalue weighted by Crippen LogP contribution is -2.51. The number of benzene rings is 1. The Labute approximate surface area is 145 Å². The molecule has 3 rings (SSSR count). The van der Waals surface area contributed by atoms with E-state index in [0.29, 0.717) is 36.8 Å². The van der Waals surface area contributed by atoms with E-state index in [1.807, 2.05) is 6.92 Å². The van der Waals surface area contributed by atoms with Crippen molar-refractivity contribution in [3.63, 3.8) is 0 Å². The Morgan fingerprint density at radius 2 is 2.28 bits per heavy atom. The molecule has 0 spiro atoms. The minimum atomic E-state index is -0.371. The van der Waals surface area contributed by atoms with Crippen molar-refractivity contribution in [3.8, 4) is 5.75 Å². The van der Waals surface area contributed by atoms with E-state index in [4.69, 9.17) is 14.0 Å². The summed E-state index contributed by atoms with van der Waals surface area (Å²) in [6, 6.07) is 5.73. The summed E-state index contributed by atoms with van der Waals surface area (Å²) in [7, 11) is 0. The number of nitrogens with one attached hydrogen (secondary N) is 1. The molecule has 1 fully saturated rings. The van der Waals surface area contributed by atoms with Crippen molar-refractivity contribution >= 4 is 5.91 Å². The number of carbonyl (C=O) groups excluding carboxylic acids is 1. The van der Waals surface area contributed by atoms with Gasteiger partial charge >= 0.3 is 0 Å². The van der Waals surface area contributed by atoms with Crippen molar-refractivity contribution in [3.05, 3.63) is 47.1 Å². The average molecular weight is 348 g/mol. The first-order chi connectivity index (χ1) is 12.0. The summed E-state index contributed by atoms with van der Waals surface area (Å²) in [6.45, 7) is 4.47. The van der Waals surface area contributed by atoms with Gasteiger partial charge in [-0.25, -0.2) is 4.39 Å². The summed E-state index contributed by atoms with van der Waals surface area (Å²) in [4.78, 5) is 12.4. The van der Waals surface area contributed by atoms with Gasteiger partial charge in [0.15, 0.2) is 0 Å². The third kappa shape index (κ3) is 4.36. The van der Waals surface area contributed by atoms with E-state index in [1.54, 1.807) is 19.1 Å². The van der Waals surface area contributed by atoms with Gasteiger partial charge in [0.25, 0.3) is 0 Å². The molecule has 2 aromatic rings. The molecule has 1 amide bonds. The second kappa shape index (κ2) is 7.65. The third-order valence-corrected chi connectivity index (χ3v) is 4.25. The SMILES string of the molecule is Cc1noc(C)c1CC(=O)N[C@@H]1CCOC[C@H]1Oc1cccc(F)c1. The Kier molecular flexibility index (Phi) is 5.33. The van der Waals surface area contributed by atoms with Gasteiger partial charge in [-0.05, 0) is 32.4 Å². The van der Waals surface area contributed by atoms with E-state index in [9.17, 15) is 9.18 Å². The molecule has 134 valence electrons. The number of carbonyl (C=O) groups is 1. The van der Waals surface area contributed by atoms with Gasteiger partial charge in [-0.1, -0.05) is 11.2 Å². The van der Waals surface area contributed by atoms with Gasteiger partial charge in [-0.3, -0.25) is 4.79 Å². The third-order valence-electron chi connectivity index (χ3n) is 4.25. The van der Waals surface area contributed by atoms with Crippen LogP contribution in [0.2, 0.25) is 0 Å². The van der Waals surface area contributed by atoms with Crippen molar-refractivity contribution in [2.24, 2.45) is 0 Å². The normalized spacial score (nSPS) is 20.3. The van der Waals surface area contributed by atoms with Crippen molar-refractivity contribution in [2.45, 2.75) is 38.8 Å². The molecule has 0 radical (unpaired) electrons. The number of hydrogen-bond acceptors (Lipinski definition) is 5. The van der Waals surface area contributed by atoms with Crippen LogP contribution in [0.4, 0.5) is 4.39 Å². The predicted octanol–water partition coefficient (Wildman–Crippen LogP) is 2.33. The monoisotopic (exact) mass is 348 g/mol. The summed E-state index contributed by atoms with van der Waals surface area (Å²) < 4.78 is 29.7. The lowest BCUT2D eigenvalue weighted by Gasteiger charge is -2.32. The van der Waals surface area contributed by atoms with E-state index in [-0.39, 0.29) is 30.3 Å². The van der Waals surface area contributed by atoms with Gasteiger partial charge < -0.3 is 19.3 Å². The maximum Gasteiger partial charge on any atom is 0.224 e. The fourth-order valence-corrected chi connectivity index (χ4v) is 2.88. The minimum absolute atomic E-state index is 0.130. The number of halogens is 1. The molecule has 7 heteroatoms. The van der Waals surface area contributed by atoms with Crippen LogP contribution in [0.25, 0.3) is 0 Å². The second-order valence-electron chi connectivity index (χ2n) is 6.13. The Morgan fingerprint density at radius 1 is 1.44 bits per heavy atom. The highest BCUT2D eigenvalue weighted by atomic mass is 19.1. The van der Waals surface area contributed by atoms with E-state index in [2.05, 4.69) is 10.5 Å². The van der Waals surface area contributed by atoms with Crippen LogP contribution in [-0.4, -0.2) is 36.4 Å². The first-order valence-corrected chi connectivity index (χ1v) is 8.24. The number of aryl methyl sites for hydroxylation is 2. The highest BCUT2D eigenvalue weighted by Crippen LogP contribution is 2.19. The molecule has 0 unspecified atom stereocenters. The number of ether oxygens (including phenoxy) is 2. The topological polar surface area (TPSA) is 73.6 Å². The molecule has 2 heterocycles. The Bertz CT molecular complexity index is 727. The minimum Gasteiger partial charge on any atom is -0.486 e. The lowest BCUT2D eigenvalue weighted by molar-refractivity contribution is -0.123. The zero-order chi connectivity index (χ0) is 17.8. The summed E-state index contributed by atoms with van der Waals surface area (Å²) in [5.74, 6) is 0.565. The standard InChI is InChI=1S/C18H21FN2O4/c1-11-15(12(2)25-21-11)9-18(22)20-16-6-7-23-10-17(16)24-14-5-3-4-13(19)8-14/h3-5,8,16-17H,6-7,9-10H2,1-2H3,(H,20,22)/t16-,17-/m1/s1. The van der Waals surface area contributed by atoms with Gasteiger partial charge in [0.2, 0.25) is 5.91 Å². The van der Waals surface area contributed by atoms with Crippen LogP contribution in [0.3, 0.4) is 0 Å². The molecule has 0 aliphatic carbocycles. The van der Waals surface area contributed by atoms with Crippen LogP contribution >= 0.6 is 0 Å². The van der Waals surface area contributed by atoms with Gasteiger partial charge in [0.1, 0.15) is 23.4 Å². The van der Waals surface area contributed by atoms with Gasteiger partial charge in [-0.2, -0.15) is 0 Å². The van der Waals surface area contributed by atoms with Crippen LogP contribution < -0.4 is 10.1 Å². The largest absolute Gasteiger partial charge is 0.486 e. The van der Waals surface area contributed by atoms with Crippen LogP contribution in [0.5, 0.6) is 5.75 Å². The van der Waals surface area contributed by atoms with E-state index >= 15 is 0 Å². The van der Waals surface area contributed by atoms with Crippen LogP contribution in [-0.2, 0) is 16.0 Å². The second-order valence-corrected chi connectivity index (χ2v) is 6.13.